The molecule has 1 heterocycles. The summed E-state index contributed by atoms with van der Waals surface area (Å²) in [5.74, 6) is -1.35. The molecule has 2 aromatic rings. The first-order valence-electron chi connectivity index (χ1n) is 6.98. The number of nitrogens with one attached hydrogen (secondary N) is 1. The topological polar surface area (TPSA) is 69.6 Å². The van der Waals surface area contributed by atoms with E-state index in [1.165, 1.54) is 11.1 Å². The summed E-state index contributed by atoms with van der Waals surface area (Å²) >= 11 is 6.37. The van der Waals surface area contributed by atoms with Crippen LogP contribution in [0.3, 0.4) is 0 Å². The second-order valence-corrected chi connectivity index (χ2v) is 6.56. The van der Waals surface area contributed by atoms with E-state index in [4.69, 9.17) is 12.2 Å². The third-order valence-electron chi connectivity index (χ3n) is 3.29. The van der Waals surface area contributed by atoms with E-state index in [-0.39, 0.29) is 11.5 Å². The van der Waals surface area contributed by atoms with Crippen LogP contribution >= 0.6 is 24.0 Å². The number of rotatable bonds is 4. The Morgan fingerprint density at radius 3 is 2.50 bits per heavy atom. The Hall–Kier alpha value is -2.64. The lowest BCUT2D eigenvalue weighted by Gasteiger charge is -2.16. The first-order valence-corrected chi connectivity index (χ1v) is 8.21. The van der Waals surface area contributed by atoms with Crippen molar-refractivity contribution in [1.29, 1.82) is 0 Å². The fourth-order valence-corrected chi connectivity index (χ4v) is 3.34. The fraction of sp³-hybridized carbons (Fsp3) is 0. The summed E-state index contributed by atoms with van der Waals surface area (Å²) in [7, 11) is 0. The number of para-hydroxylation sites is 1. The standard InChI is InChI=1S/C17H12N2O3S2/c20-15-14(10-11-6-4-5-9-13(11)16(21)22)24-17(23)19(15)18-12-7-2-1-3-8-12/h1-10,18H,(H,21,22). The molecule has 0 aliphatic carbocycles. The fourth-order valence-electron chi connectivity index (χ4n) is 2.16. The summed E-state index contributed by atoms with van der Waals surface area (Å²) in [4.78, 5) is 24.2. The number of carbonyl (C=O) groups is 2. The lowest BCUT2D eigenvalue weighted by Crippen LogP contribution is -2.33. The molecule has 1 aliphatic rings. The molecule has 0 saturated carbocycles. The monoisotopic (exact) mass is 356 g/mol. The maximum absolute atomic E-state index is 12.5. The zero-order valence-electron chi connectivity index (χ0n) is 12.3. The number of carboxylic acids is 1. The summed E-state index contributed by atoms with van der Waals surface area (Å²) < 4.78 is 0.364. The molecule has 1 aliphatic heterocycles. The highest BCUT2D eigenvalue weighted by atomic mass is 32.2. The van der Waals surface area contributed by atoms with Crippen LogP contribution in [-0.2, 0) is 4.79 Å². The van der Waals surface area contributed by atoms with Crippen molar-refractivity contribution in [3.63, 3.8) is 0 Å². The Labute approximate surface area is 147 Å². The molecule has 7 heteroatoms. The highest BCUT2D eigenvalue weighted by Crippen LogP contribution is 2.33. The molecule has 3 rings (SSSR count). The van der Waals surface area contributed by atoms with Crippen molar-refractivity contribution < 1.29 is 14.7 Å². The maximum Gasteiger partial charge on any atom is 0.336 e. The van der Waals surface area contributed by atoms with Crippen LogP contribution in [0.5, 0.6) is 0 Å². The van der Waals surface area contributed by atoms with Crippen LogP contribution in [0.1, 0.15) is 15.9 Å². The van der Waals surface area contributed by atoms with E-state index in [2.05, 4.69) is 5.43 Å². The number of carboxylic acid groups (broad SMARTS) is 1. The SMILES string of the molecule is O=C(O)c1ccccc1C=C1SC(=S)N(Nc2ccccc2)C1=O. The van der Waals surface area contributed by atoms with E-state index < -0.39 is 5.97 Å². The van der Waals surface area contributed by atoms with Gasteiger partial charge in [0.1, 0.15) is 0 Å². The number of benzene rings is 2. The van der Waals surface area contributed by atoms with Gasteiger partial charge in [-0.25, -0.2) is 9.80 Å². The Bertz CT molecular complexity index is 850. The highest BCUT2D eigenvalue weighted by molar-refractivity contribution is 8.26. The zero-order chi connectivity index (χ0) is 17.1. The molecule has 120 valence electrons. The summed E-state index contributed by atoms with van der Waals surface area (Å²) in [6.45, 7) is 0. The van der Waals surface area contributed by atoms with Gasteiger partial charge in [0.05, 0.1) is 16.2 Å². The van der Waals surface area contributed by atoms with Crippen molar-refractivity contribution in [2.24, 2.45) is 0 Å². The second-order valence-electron chi connectivity index (χ2n) is 4.89. The van der Waals surface area contributed by atoms with Crippen LogP contribution in [0.2, 0.25) is 0 Å². The average Bonchev–Trinajstić information content (AvgIpc) is 2.84. The molecule has 0 bridgehead atoms. The molecule has 5 nitrogen and oxygen atoms in total. The minimum atomic E-state index is -1.04. The maximum atomic E-state index is 12.5. The van der Waals surface area contributed by atoms with Crippen LogP contribution < -0.4 is 5.43 Å². The molecule has 0 aromatic heterocycles. The van der Waals surface area contributed by atoms with Crippen molar-refractivity contribution in [3.8, 4) is 0 Å². The number of anilines is 1. The predicted molar refractivity (Wildman–Crippen MR) is 98.5 cm³/mol. The number of hydrogen-bond acceptors (Lipinski definition) is 5. The number of carbonyl (C=O) groups excluding carboxylic acids is 1. The molecular weight excluding hydrogens is 344 g/mol. The third-order valence-corrected chi connectivity index (χ3v) is 4.59. The van der Waals surface area contributed by atoms with E-state index in [0.717, 1.165) is 17.4 Å². The quantitative estimate of drug-likeness (QED) is 0.644. The van der Waals surface area contributed by atoms with Crippen LogP contribution in [0.15, 0.2) is 59.5 Å². The van der Waals surface area contributed by atoms with Gasteiger partial charge in [0.15, 0.2) is 4.32 Å². The summed E-state index contributed by atoms with van der Waals surface area (Å²) in [6.07, 6.45) is 1.55. The second kappa shape index (κ2) is 6.86. The third kappa shape index (κ3) is 3.32. The lowest BCUT2D eigenvalue weighted by atomic mass is 10.1. The van der Waals surface area contributed by atoms with Crippen LogP contribution in [0.4, 0.5) is 5.69 Å². The van der Waals surface area contributed by atoms with E-state index in [0.29, 0.717) is 14.8 Å². The van der Waals surface area contributed by atoms with Gasteiger partial charge in [-0.3, -0.25) is 10.2 Å². The number of hydrazine groups is 1. The largest absolute Gasteiger partial charge is 0.478 e. The van der Waals surface area contributed by atoms with Gasteiger partial charge >= 0.3 is 5.97 Å². The summed E-state index contributed by atoms with van der Waals surface area (Å²) in [5.41, 5.74) is 4.30. The smallest absolute Gasteiger partial charge is 0.336 e. The lowest BCUT2D eigenvalue weighted by molar-refractivity contribution is -0.121. The zero-order valence-corrected chi connectivity index (χ0v) is 13.9. The number of aromatic carboxylic acids is 1. The molecule has 1 saturated heterocycles. The van der Waals surface area contributed by atoms with Crippen molar-refractivity contribution >= 4 is 51.9 Å². The van der Waals surface area contributed by atoms with E-state index in [1.54, 1.807) is 24.3 Å². The Morgan fingerprint density at radius 2 is 1.79 bits per heavy atom. The number of thiocarbonyl (C=S) groups is 1. The van der Waals surface area contributed by atoms with Crippen molar-refractivity contribution in [2.45, 2.75) is 0 Å². The minimum Gasteiger partial charge on any atom is -0.478 e. The van der Waals surface area contributed by atoms with Crippen molar-refractivity contribution in [1.82, 2.24) is 5.01 Å². The number of nitrogens with zero attached hydrogens (tertiary/aromatic N) is 1. The van der Waals surface area contributed by atoms with Gasteiger partial charge in [0.25, 0.3) is 5.91 Å². The van der Waals surface area contributed by atoms with Crippen molar-refractivity contribution in [2.75, 3.05) is 5.43 Å². The Morgan fingerprint density at radius 1 is 1.12 bits per heavy atom. The predicted octanol–water partition coefficient (Wildman–Crippen LogP) is 3.61. The first kappa shape index (κ1) is 16.2. The van der Waals surface area contributed by atoms with Crippen LogP contribution in [-0.4, -0.2) is 26.3 Å². The minimum absolute atomic E-state index is 0.138. The van der Waals surface area contributed by atoms with Gasteiger partial charge < -0.3 is 5.11 Å². The van der Waals surface area contributed by atoms with Crippen molar-refractivity contribution in [3.05, 3.63) is 70.6 Å². The molecule has 0 radical (unpaired) electrons. The van der Waals surface area contributed by atoms with E-state index in [9.17, 15) is 14.7 Å². The molecule has 0 unspecified atom stereocenters. The van der Waals surface area contributed by atoms with Gasteiger partial charge in [-0.05, 0) is 42.1 Å². The number of thioether (sulfide) groups is 1. The number of hydrogen-bond donors (Lipinski definition) is 2. The van der Waals surface area contributed by atoms with Crippen LogP contribution in [0.25, 0.3) is 6.08 Å². The van der Waals surface area contributed by atoms with Gasteiger partial charge in [-0.1, -0.05) is 48.2 Å². The van der Waals surface area contributed by atoms with Gasteiger partial charge in [-0.15, -0.1) is 0 Å². The number of amides is 1. The Balaban J connectivity index is 1.88. The van der Waals surface area contributed by atoms with E-state index in [1.807, 2.05) is 30.3 Å². The summed E-state index contributed by atoms with van der Waals surface area (Å²) in [5, 5.41) is 10.5. The first-order chi connectivity index (χ1) is 11.6. The average molecular weight is 356 g/mol. The van der Waals surface area contributed by atoms with Gasteiger partial charge in [0.2, 0.25) is 0 Å². The molecule has 0 atom stereocenters. The van der Waals surface area contributed by atoms with E-state index >= 15 is 0 Å². The van der Waals surface area contributed by atoms with Crippen LogP contribution in [0, 0.1) is 0 Å². The highest BCUT2D eigenvalue weighted by Gasteiger charge is 2.32. The molecular formula is C17H12N2O3S2. The molecule has 1 amide bonds. The molecule has 2 N–H and O–H groups in total. The van der Waals surface area contributed by atoms with Gasteiger partial charge in [-0.2, -0.15) is 0 Å². The summed E-state index contributed by atoms with van der Waals surface area (Å²) in [6, 6.07) is 15.7. The van der Waals surface area contributed by atoms with Gasteiger partial charge in [0, 0.05) is 0 Å². The molecule has 0 spiro atoms. The molecule has 1 fully saturated rings. The normalized spacial score (nSPS) is 15.8. The molecule has 24 heavy (non-hydrogen) atoms. The molecule has 2 aromatic carbocycles. The Kier molecular flexibility index (Phi) is 4.64.